The highest BCUT2D eigenvalue weighted by Gasteiger charge is 2.49. The minimum atomic E-state index is -1.12. The number of aliphatic hydroxyl groups is 1. The average molecular weight is 389 g/mol. The van der Waals surface area contributed by atoms with Crippen LogP contribution in [0, 0.1) is 17.1 Å². The van der Waals surface area contributed by atoms with Crippen molar-refractivity contribution in [3.63, 3.8) is 0 Å². The quantitative estimate of drug-likeness (QED) is 0.795. The number of carbonyl (C=O) groups is 2. The predicted octanol–water partition coefficient (Wildman–Crippen LogP) is 1.35. The summed E-state index contributed by atoms with van der Waals surface area (Å²) >= 11 is 0. The standard InChI is InChI=1S/C20H24FN3O4/c1-13(25)23-17-11-28-20(12-19(17,2)27)5-7-24(8-6-20)18(26)15-4-3-14(10-22)9-16(15)21/h3-4,9,17,27H,5-8,11-12H2,1-2H3,(H,23,25)/t17-,19-/m0/s1. The normalized spacial score (nSPS) is 26.5. The average Bonchev–Trinajstić information content (AvgIpc) is 2.63. The fourth-order valence-corrected chi connectivity index (χ4v) is 4.08. The van der Waals surface area contributed by atoms with E-state index in [0.29, 0.717) is 32.4 Å². The van der Waals surface area contributed by atoms with Crippen LogP contribution in [0.25, 0.3) is 0 Å². The summed E-state index contributed by atoms with van der Waals surface area (Å²) in [7, 11) is 0. The summed E-state index contributed by atoms with van der Waals surface area (Å²) in [5.74, 6) is -1.36. The van der Waals surface area contributed by atoms with Crippen LogP contribution in [0.3, 0.4) is 0 Å². The van der Waals surface area contributed by atoms with Gasteiger partial charge in [-0.15, -0.1) is 0 Å². The van der Waals surface area contributed by atoms with Crippen molar-refractivity contribution in [3.05, 3.63) is 35.1 Å². The van der Waals surface area contributed by atoms with Crippen molar-refractivity contribution in [1.29, 1.82) is 5.26 Å². The van der Waals surface area contributed by atoms with Crippen LogP contribution in [0.1, 0.15) is 49.0 Å². The fourth-order valence-electron chi connectivity index (χ4n) is 4.08. The molecule has 3 rings (SSSR count). The highest BCUT2D eigenvalue weighted by Crippen LogP contribution is 2.39. The largest absolute Gasteiger partial charge is 0.388 e. The Morgan fingerprint density at radius 2 is 2.07 bits per heavy atom. The molecule has 8 heteroatoms. The van der Waals surface area contributed by atoms with E-state index >= 15 is 0 Å². The van der Waals surface area contributed by atoms with Gasteiger partial charge in [0, 0.05) is 26.4 Å². The van der Waals surface area contributed by atoms with Crippen LogP contribution in [-0.4, -0.2) is 58.8 Å². The van der Waals surface area contributed by atoms with Crippen LogP contribution < -0.4 is 5.32 Å². The summed E-state index contributed by atoms with van der Waals surface area (Å²) in [6, 6.07) is 5.17. The number of benzene rings is 1. The van der Waals surface area contributed by atoms with Gasteiger partial charge in [-0.25, -0.2) is 4.39 Å². The summed E-state index contributed by atoms with van der Waals surface area (Å²) in [6.07, 6.45) is 1.37. The van der Waals surface area contributed by atoms with Gasteiger partial charge in [0.1, 0.15) is 5.82 Å². The number of halogens is 1. The number of piperidine rings is 1. The second kappa shape index (κ2) is 7.49. The molecule has 28 heavy (non-hydrogen) atoms. The highest BCUT2D eigenvalue weighted by atomic mass is 19.1. The van der Waals surface area contributed by atoms with Gasteiger partial charge in [-0.2, -0.15) is 5.26 Å². The molecule has 2 N–H and O–H groups in total. The number of hydrogen-bond donors (Lipinski definition) is 2. The lowest BCUT2D eigenvalue weighted by Crippen LogP contribution is -2.64. The summed E-state index contributed by atoms with van der Waals surface area (Å²) in [5, 5.41) is 22.3. The summed E-state index contributed by atoms with van der Waals surface area (Å²) < 4.78 is 20.2. The molecule has 2 aliphatic heterocycles. The fraction of sp³-hybridized carbons (Fsp3) is 0.550. The first-order chi connectivity index (χ1) is 13.2. The molecule has 2 fully saturated rings. The number of nitriles is 1. The van der Waals surface area contributed by atoms with Gasteiger partial charge in [-0.1, -0.05) is 0 Å². The molecule has 0 radical (unpaired) electrons. The maximum atomic E-state index is 14.1. The van der Waals surface area contributed by atoms with E-state index in [4.69, 9.17) is 10.00 Å². The molecule has 7 nitrogen and oxygen atoms in total. The van der Waals surface area contributed by atoms with Gasteiger partial charge in [-0.05, 0) is 38.0 Å². The number of nitrogens with one attached hydrogen (secondary N) is 1. The molecule has 0 aliphatic carbocycles. The molecule has 0 bridgehead atoms. The molecular formula is C20H24FN3O4. The van der Waals surface area contributed by atoms with Gasteiger partial charge in [0.2, 0.25) is 5.91 Å². The number of ether oxygens (including phenoxy) is 1. The first-order valence-electron chi connectivity index (χ1n) is 9.28. The van der Waals surface area contributed by atoms with Crippen LogP contribution in [0.5, 0.6) is 0 Å². The minimum absolute atomic E-state index is 0.0581. The number of likely N-dealkylation sites (tertiary alicyclic amines) is 1. The van der Waals surface area contributed by atoms with Gasteiger partial charge in [-0.3, -0.25) is 9.59 Å². The Kier molecular flexibility index (Phi) is 5.41. The smallest absolute Gasteiger partial charge is 0.256 e. The Morgan fingerprint density at radius 1 is 1.39 bits per heavy atom. The van der Waals surface area contributed by atoms with E-state index < -0.39 is 29.0 Å². The van der Waals surface area contributed by atoms with E-state index in [1.54, 1.807) is 11.8 Å². The maximum Gasteiger partial charge on any atom is 0.256 e. The summed E-state index contributed by atoms with van der Waals surface area (Å²) in [4.78, 5) is 25.5. The Labute approximate surface area is 163 Å². The highest BCUT2D eigenvalue weighted by molar-refractivity contribution is 5.94. The van der Waals surface area contributed by atoms with Crippen molar-refractivity contribution in [2.75, 3.05) is 19.7 Å². The summed E-state index contributed by atoms with van der Waals surface area (Å²) in [6.45, 7) is 4.03. The lowest BCUT2D eigenvalue weighted by atomic mass is 9.75. The maximum absolute atomic E-state index is 14.1. The van der Waals surface area contributed by atoms with Crippen molar-refractivity contribution >= 4 is 11.8 Å². The van der Waals surface area contributed by atoms with Crippen LogP contribution >= 0.6 is 0 Å². The number of carbonyl (C=O) groups excluding carboxylic acids is 2. The number of hydrogen-bond acceptors (Lipinski definition) is 5. The van der Waals surface area contributed by atoms with Gasteiger partial charge in [0.25, 0.3) is 5.91 Å². The molecule has 2 amide bonds. The van der Waals surface area contributed by atoms with Crippen LogP contribution in [0.2, 0.25) is 0 Å². The molecule has 2 aliphatic rings. The number of rotatable bonds is 2. The topological polar surface area (TPSA) is 103 Å². The molecule has 2 saturated heterocycles. The van der Waals surface area contributed by atoms with E-state index in [0.717, 1.165) is 6.07 Å². The van der Waals surface area contributed by atoms with Crippen molar-refractivity contribution in [3.8, 4) is 6.07 Å². The lowest BCUT2D eigenvalue weighted by molar-refractivity contribution is -0.187. The van der Waals surface area contributed by atoms with Crippen LogP contribution in [-0.2, 0) is 9.53 Å². The molecule has 2 heterocycles. The minimum Gasteiger partial charge on any atom is -0.388 e. The lowest BCUT2D eigenvalue weighted by Gasteiger charge is -2.51. The second-order valence-electron chi connectivity index (χ2n) is 7.88. The van der Waals surface area contributed by atoms with Gasteiger partial charge in [0.05, 0.1) is 41.0 Å². The molecule has 0 unspecified atom stereocenters. The molecular weight excluding hydrogens is 365 g/mol. The third-order valence-corrected chi connectivity index (χ3v) is 5.65. The first kappa shape index (κ1) is 20.2. The third kappa shape index (κ3) is 4.01. The van der Waals surface area contributed by atoms with E-state index in [1.807, 2.05) is 6.07 Å². The van der Waals surface area contributed by atoms with Crippen molar-refractivity contribution in [2.45, 2.75) is 50.4 Å². The Balaban J connectivity index is 1.65. The number of nitrogens with zero attached hydrogens (tertiary/aromatic N) is 2. The van der Waals surface area contributed by atoms with E-state index in [2.05, 4.69) is 5.32 Å². The van der Waals surface area contributed by atoms with Gasteiger partial charge >= 0.3 is 0 Å². The molecule has 0 saturated carbocycles. The third-order valence-electron chi connectivity index (χ3n) is 5.65. The molecule has 2 atom stereocenters. The zero-order valence-corrected chi connectivity index (χ0v) is 16.0. The molecule has 150 valence electrons. The van der Waals surface area contributed by atoms with Gasteiger partial charge < -0.3 is 20.1 Å². The molecule has 1 aromatic carbocycles. The Bertz CT molecular complexity index is 825. The number of amides is 2. The Morgan fingerprint density at radius 3 is 2.61 bits per heavy atom. The van der Waals surface area contributed by atoms with Crippen LogP contribution in [0.15, 0.2) is 18.2 Å². The monoisotopic (exact) mass is 389 g/mol. The van der Waals surface area contributed by atoms with Crippen LogP contribution in [0.4, 0.5) is 4.39 Å². The molecule has 1 aromatic rings. The first-order valence-corrected chi connectivity index (χ1v) is 9.28. The van der Waals surface area contributed by atoms with Gasteiger partial charge in [0.15, 0.2) is 0 Å². The molecule has 1 spiro atoms. The van der Waals surface area contributed by atoms with E-state index in [1.165, 1.54) is 19.1 Å². The zero-order valence-electron chi connectivity index (χ0n) is 16.0. The zero-order chi connectivity index (χ0) is 20.5. The van der Waals surface area contributed by atoms with E-state index in [-0.39, 0.29) is 23.6 Å². The van der Waals surface area contributed by atoms with Crippen molar-refractivity contribution < 1.29 is 23.8 Å². The van der Waals surface area contributed by atoms with E-state index in [9.17, 15) is 19.1 Å². The SMILES string of the molecule is CC(=O)N[C@H]1COC2(CCN(C(=O)c3ccc(C#N)cc3F)CC2)C[C@]1(C)O. The second-order valence-corrected chi connectivity index (χ2v) is 7.88. The van der Waals surface area contributed by atoms with Crippen molar-refractivity contribution in [1.82, 2.24) is 10.2 Å². The summed E-state index contributed by atoms with van der Waals surface area (Å²) in [5.41, 5.74) is -1.58. The van der Waals surface area contributed by atoms with Crippen molar-refractivity contribution in [2.24, 2.45) is 0 Å². The predicted molar refractivity (Wildman–Crippen MR) is 97.8 cm³/mol. The Hall–Kier alpha value is -2.50. The molecule has 0 aromatic heterocycles.